The van der Waals surface area contributed by atoms with E-state index >= 15 is 0 Å². The SMILES string of the molecule is C#CCC(CCOCC(F)F)NC. The van der Waals surface area contributed by atoms with Crippen LogP contribution in [-0.4, -0.2) is 32.7 Å². The van der Waals surface area contributed by atoms with Crippen LogP contribution in [0, 0.1) is 12.3 Å². The fourth-order valence-corrected chi connectivity index (χ4v) is 0.889. The maximum Gasteiger partial charge on any atom is 0.261 e. The van der Waals surface area contributed by atoms with Crippen molar-refractivity contribution in [1.29, 1.82) is 0 Å². The number of rotatable bonds is 7. The molecule has 13 heavy (non-hydrogen) atoms. The van der Waals surface area contributed by atoms with E-state index in [1.165, 1.54) is 0 Å². The van der Waals surface area contributed by atoms with E-state index in [0.717, 1.165) is 0 Å². The zero-order valence-electron chi connectivity index (χ0n) is 7.72. The van der Waals surface area contributed by atoms with E-state index in [1.807, 2.05) is 0 Å². The van der Waals surface area contributed by atoms with Crippen molar-refractivity contribution < 1.29 is 13.5 Å². The van der Waals surface area contributed by atoms with Gasteiger partial charge in [-0.3, -0.25) is 0 Å². The Kier molecular flexibility index (Phi) is 7.56. The lowest BCUT2D eigenvalue weighted by atomic mass is 10.1. The lowest BCUT2D eigenvalue weighted by Gasteiger charge is -2.12. The molecule has 0 saturated carbocycles. The summed E-state index contributed by atoms with van der Waals surface area (Å²) >= 11 is 0. The van der Waals surface area contributed by atoms with Gasteiger partial charge in [-0.05, 0) is 13.5 Å². The molecule has 0 aliphatic carbocycles. The summed E-state index contributed by atoms with van der Waals surface area (Å²) in [4.78, 5) is 0. The molecular weight excluding hydrogens is 176 g/mol. The molecule has 1 unspecified atom stereocenters. The van der Waals surface area contributed by atoms with Crippen LogP contribution >= 0.6 is 0 Å². The summed E-state index contributed by atoms with van der Waals surface area (Å²) in [5, 5.41) is 2.98. The van der Waals surface area contributed by atoms with E-state index in [9.17, 15) is 8.78 Å². The molecule has 0 aliphatic heterocycles. The van der Waals surface area contributed by atoms with Gasteiger partial charge in [-0.1, -0.05) is 0 Å². The lowest BCUT2D eigenvalue weighted by Crippen LogP contribution is -2.26. The van der Waals surface area contributed by atoms with Gasteiger partial charge < -0.3 is 10.1 Å². The fourth-order valence-electron chi connectivity index (χ4n) is 0.889. The van der Waals surface area contributed by atoms with Crippen molar-refractivity contribution >= 4 is 0 Å². The zero-order chi connectivity index (χ0) is 10.1. The van der Waals surface area contributed by atoms with Gasteiger partial charge in [0.1, 0.15) is 6.61 Å². The predicted octanol–water partition coefficient (Wildman–Crippen LogP) is 1.27. The Morgan fingerprint density at radius 2 is 2.23 bits per heavy atom. The molecule has 0 aliphatic rings. The standard InChI is InChI=1S/C9H15F2NO/c1-3-4-8(12-2)5-6-13-7-9(10)11/h1,8-9,12H,4-7H2,2H3. The maximum atomic E-state index is 11.6. The molecule has 0 spiro atoms. The molecule has 0 radical (unpaired) electrons. The van der Waals surface area contributed by atoms with E-state index in [4.69, 9.17) is 11.2 Å². The van der Waals surface area contributed by atoms with E-state index in [2.05, 4.69) is 11.2 Å². The highest BCUT2D eigenvalue weighted by molar-refractivity contribution is 4.89. The molecule has 0 saturated heterocycles. The highest BCUT2D eigenvalue weighted by Gasteiger charge is 2.05. The van der Waals surface area contributed by atoms with Crippen LogP contribution in [0.25, 0.3) is 0 Å². The minimum Gasteiger partial charge on any atom is -0.375 e. The Labute approximate surface area is 77.7 Å². The van der Waals surface area contributed by atoms with Gasteiger partial charge in [-0.25, -0.2) is 8.78 Å². The topological polar surface area (TPSA) is 21.3 Å². The molecular formula is C9H15F2NO. The Morgan fingerprint density at radius 3 is 2.69 bits per heavy atom. The van der Waals surface area contributed by atoms with Gasteiger partial charge in [-0.15, -0.1) is 12.3 Å². The molecule has 0 aromatic rings. The van der Waals surface area contributed by atoms with E-state index in [-0.39, 0.29) is 6.04 Å². The third-order valence-corrected chi connectivity index (χ3v) is 1.63. The second-order valence-corrected chi connectivity index (χ2v) is 2.65. The van der Waals surface area contributed by atoms with Gasteiger partial charge in [0.25, 0.3) is 6.43 Å². The second-order valence-electron chi connectivity index (χ2n) is 2.65. The molecule has 0 aromatic heterocycles. The fraction of sp³-hybridized carbons (Fsp3) is 0.778. The van der Waals surface area contributed by atoms with E-state index < -0.39 is 13.0 Å². The normalized spacial score (nSPS) is 12.8. The van der Waals surface area contributed by atoms with Crippen molar-refractivity contribution in [3.8, 4) is 12.3 Å². The van der Waals surface area contributed by atoms with Crippen LogP contribution in [0.3, 0.4) is 0 Å². The molecule has 0 rings (SSSR count). The summed E-state index contributed by atoms with van der Waals surface area (Å²) < 4.78 is 27.9. The molecule has 0 bridgehead atoms. The summed E-state index contributed by atoms with van der Waals surface area (Å²) in [6.45, 7) is -0.177. The van der Waals surface area contributed by atoms with Crippen LogP contribution in [0.5, 0.6) is 0 Å². The van der Waals surface area contributed by atoms with Crippen LogP contribution in [-0.2, 0) is 4.74 Å². The first-order chi connectivity index (χ1) is 6.20. The first kappa shape index (κ1) is 12.3. The van der Waals surface area contributed by atoms with Crippen molar-refractivity contribution in [2.45, 2.75) is 25.3 Å². The smallest absolute Gasteiger partial charge is 0.261 e. The molecule has 76 valence electrons. The number of nitrogens with one attached hydrogen (secondary N) is 1. The monoisotopic (exact) mass is 191 g/mol. The number of terminal acetylenes is 1. The summed E-state index contributed by atoms with van der Waals surface area (Å²) in [6, 6.07) is 0.155. The average molecular weight is 191 g/mol. The largest absolute Gasteiger partial charge is 0.375 e. The van der Waals surface area contributed by atoms with Gasteiger partial charge in [0.15, 0.2) is 0 Å². The zero-order valence-corrected chi connectivity index (χ0v) is 7.72. The summed E-state index contributed by atoms with van der Waals surface area (Å²) in [5.74, 6) is 2.50. The van der Waals surface area contributed by atoms with Crippen LogP contribution in [0.15, 0.2) is 0 Å². The number of hydrogen-bond donors (Lipinski definition) is 1. The molecule has 4 heteroatoms. The maximum absolute atomic E-state index is 11.6. The molecule has 0 heterocycles. The Morgan fingerprint density at radius 1 is 1.54 bits per heavy atom. The molecule has 1 atom stereocenters. The van der Waals surface area contributed by atoms with Gasteiger partial charge in [0, 0.05) is 19.1 Å². The predicted molar refractivity (Wildman–Crippen MR) is 47.7 cm³/mol. The number of halogens is 2. The minimum atomic E-state index is -2.39. The lowest BCUT2D eigenvalue weighted by molar-refractivity contribution is 0.0147. The van der Waals surface area contributed by atoms with Gasteiger partial charge in [0.05, 0.1) is 0 Å². The van der Waals surface area contributed by atoms with Gasteiger partial charge >= 0.3 is 0 Å². The molecule has 2 nitrogen and oxygen atoms in total. The van der Waals surface area contributed by atoms with Crippen LogP contribution < -0.4 is 5.32 Å². The third-order valence-electron chi connectivity index (χ3n) is 1.63. The molecule has 1 N–H and O–H groups in total. The molecule has 0 fully saturated rings. The average Bonchev–Trinajstić information content (AvgIpc) is 2.10. The van der Waals surface area contributed by atoms with Crippen molar-refractivity contribution in [2.75, 3.05) is 20.3 Å². The van der Waals surface area contributed by atoms with Crippen molar-refractivity contribution in [3.63, 3.8) is 0 Å². The third kappa shape index (κ3) is 7.69. The quantitative estimate of drug-likeness (QED) is 0.483. The van der Waals surface area contributed by atoms with E-state index in [1.54, 1.807) is 7.05 Å². The van der Waals surface area contributed by atoms with Crippen LogP contribution in [0.1, 0.15) is 12.8 Å². The van der Waals surface area contributed by atoms with Crippen molar-refractivity contribution in [1.82, 2.24) is 5.32 Å². The van der Waals surface area contributed by atoms with Crippen LogP contribution in [0.4, 0.5) is 8.78 Å². The highest BCUT2D eigenvalue weighted by Crippen LogP contribution is 1.99. The number of ether oxygens (including phenoxy) is 1. The summed E-state index contributed by atoms with van der Waals surface area (Å²) in [6.07, 6.45) is 3.97. The minimum absolute atomic E-state index is 0.155. The van der Waals surface area contributed by atoms with Gasteiger partial charge in [0.2, 0.25) is 0 Å². The summed E-state index contributed by atoms with van der Waals surface area (Å²) in [7, 11) is 1.79. The van der Waals surface area contributed by atoms with Crippen molar-refractivity contribution in [2.24, 2.45) is 0 Å². The summed E-state index contributed by atoms with van der Waals surface area (Å²) in [5.41, 5.74) is 0. The second kappa shape index (κ2) is 7.96. The first-order valence-electron chi connectivity index (χ1n) is 4.17. The Bertz CT molecular complexity index is 156. The van der Waals surface area contributed by atoms with Crippen molar-refractivity contribution in [3.05, 3.63) is 0 Å². The Balaban J connectivity index is 3.34. The Hall–Kier alpha value is -0.660. The highest BCUT2D eigenvalue weighted by atomic mass is 19.3. The number of alkyl halides is 2. The number of hydrogen-bond acceptors (Lipinski definition) is 2. The first-order valence-corrected chi connectivity index (χ1v) is 4.17. The molecule has 0 aromatic carbocycles. The molecule has 0 amide bonds. The van der Waals surface area contributed by atoms with E-state index in [0.29, 0.717) is 19.4 Å². The van der Waals surface area contributed by atoms with Crippen LogP contribution in [0.2, 0.25) is 0 Å². The van der Waals surface area contributed by atoms with Gasteiger partial charge in [-0.2, -0.15) is 0 Å².